The van der Waals surface area contributed by atoms with Crippen molar-refractivity contribution in [2.24, 2.45) is 0 Å². The van der Waals surface area contributed by atoms with Crippen LogP contribution < -0.4 is 10.2 Å². The molecule has 0 aliphatic carbocycles. The highest BCUT2D eigenvalue weighted by Gasteiger charge is 2.21. The third kappa shape index (κ3) is 3.79. The van der Waals surface area contributed by atoms with Crippen molar-refractivity contribution < 1.29 is 9.59 Å². The quantitative estimate of drug-likeness (QED) is 0.873. The molecule has 0 radical (unpaired) electrons. The van der Waals surface area contributed by atoms with Crippen LogP contribution in [0.4, 0.5) is 10.8 Å². The maximum absolute atomic E-state index is 12.3. The summed E-state index contributed by atoms with van der Waals surface area (Å²) in [5, 5.41) is 12.3. The van der Waals surface area contributed by atoms with Gasteiger partial charge in [0, 0.05) is 30.6 Å². The van der Waals surface area contributed by atoms with Gasteiger partial charge in [-0.2, -0.15) is 0 Å². The largest absolute Gasteiger partial charge is 0.312 e. The van der Waals surface area contributed by atoms with E-state index < -0.39 is 0 Å². The standard InChI is InChI=1S/C17H20N4O2S/c1-2-3-5-14-19-20-17(24-14)18-16(23)12-7-9-13(10-8-12)21-11-4-6-15(21)22/h7-10H,2-6,11H2,1H3,(H,18,20,23). The highest BCUT2D eigenvalue weighted by molar-refractivity contribution is 7.15. The first-order valence-electron chi connectivity index (χ1n) is 8.21. The van der Waals surface area contributed by atoms with Crippen LogP contribution in [0, 0.1) is 0 Å². The highest BCUT2D eigenvalue weighted by atomic mass is 32.1. The third-order valence-corrected chi connectivity index (χ3v) is 4.84. The number of carbonyl (C=O) groups is 2. The molecule has 0 unspecified atom stereocenters. The molecule has 1 aromatic heterocycles. The number of carbonyl (C=O) groups excluding carboxylic acids is 2. The molecule has 24 heavy (non-hydrogen) atoms. The van der Waals surface area contributed by atoms with Crippen LogP contribution in [0.5, 0.6) is 0 Å². The van der Waals surface area contributed by atoms with Crippen LogP contribution in [0.2, 0.25) is 0 Å². The Kier molecular flexibility index (Phi) is 5.20. The number of anilines is 2. The molecule has 0 atom stereocenters. The maximum atomic E-state index is 12.3. The fourth-order valence-corrected chi connectivity index (χ4v) is 3.39. The van der Waals surface area contributed by atoms with Gasteiger partial charge in [-0.05, 0) is 37.1 Å². The van der Waals surface area contributed by atoms with Gasteiger partial charge in [-0.15, -0.1) is 10.2 Å². The van der Waals surface area contributed by atoms with Crippen molar-refractivity contribution in [1.82, 2.24) is 10.2 Å². The van der Waals surface area contributed by atoms with Crippen LogP contribution >= 0.6 is 11.3 Å². The van der Waals surface area contributed by atoms with E-state index in [0.717, 1.165) is 42.9 Å². The van der Waals surface area contributed by atoms with Crippen molar-refractivity contribution in [2.45, 2.75) is 39.0 Å². The first-order valence-corrected chi connectivity index (χ1v) is 9.03. The molecule has 1 aliphatic rings. The lowest BCUT2D eigenvalue weighted by Gasteiger charge is -2.15. The normalized spacial score (nSPS) is 14.2. The van der Waals surface area contributed by atoms with Gasteiger partial charge in [0.25, 0.3) is 5.91 Å². The monoisotopic (exact) mass is 344 g/mol. The third-order valence-electron chi connectivity index (χ3n) is 3.95. The Bertz CT molecular complexity index is 726. The Balaban J connectivity index is 1.62. The van der Waals surface area contributed by atoms with Crippen LogP contribution in [-0.4, -0.2) is 28.6 Å². The van der Waals surface area contributed by atoms with Gasteiger partial charge in [0.15, 0.2) is 0 Å². The van der Waals surface area contributed by atoms with Crippen LogP contribution in [0.15, 0.2) is 24.3 Å². The topological polar surface area (TPSA) is 75.2 Å². The van der Waals surface area contributed by atoms with Gasteiger partial charge in [-0.25, -0.2) is 0 Å². The Morgan fingerprint density at radius 1 is 1.29 bits per heavy atom. The molecular formula is C17H20N4O2S. The van der Waals surface area contributed by atoms with Crippen LogP contribution in [0.3, 0.4) is 0 Å². The molecule has 2 amide bonds. The van der Waals surface area contributed by atoms with Crippen molar-refractivity contribution in [3.8, 4) is 0 Å². The molecule has 1 N–H and O–H groups in total. The smallest absolute Gasteiger partial charge is 0.257 e. The van der Waals surface area contributed by atoms with Gasteiger partial charge < -0.3 is 4.90 Å². The molecular weight excluding hydrogens is 324 g/mol. The van der Waals surface area contributed by atoms with Crippen molar-refractivity contribution in [3.63, 3.8) is 0 Å². The van der Waals surface area contributed by atoms with Gasteiger partial charge in [-0.1, -0.05) is 24.7 Å². The molecule has 1 aromatic carbocycles. The summed E-state index contributed by atoms with van der Waals surface area (Å²) in [5.41, 5.74) is 1.38. The fourth-order valence-electron chi connectivity index (χ4n) is 2.62. The first-order chi connectivity index (χ1) is 11.7. The molecule has 7 heteroatoms. The maximum Gasteiger partial charge on any atom is 0.257 e. The molecule has 2 heterocycles. The predicted octanol–water partition coefficient (Wildman–Crippen LogP) is 3.26. The Morgan fingerprint density at radius 3 is 2.75 bits per heavy atom. The lowest BCUT2D eigenvalue weighted by atomic mass is 10.2. The Morgan fingerprint density at radius 2 is 2.08 bits per heavy atom. The zero-order valence-corrected chi connectivity index (χ0v) is 14.4. The minimum absolute atomic E-state index is 0.140. The van der Waals surface area contributed by atoms with Crippen molar-refractivity contribution in [3.05, 3.63) is 34.8 Å². The number of amides is 2. The van der Waals surface area contributed by atoms with Crippen molar-refractivity contribution in [2.75, 3.05) is 16.8 Å². The van der Waals surface area contributed by atoms with Crippen molar-refractivity contribution >= 4 is 34.0 Å². The molecule has 0 saturated carbocycles. The summed E-state index contributed by atoms with van der Waals surface area (Å²) in [6.07, 6.45) is 4.55. The number of hydrogen-bond acceptors (Lipinski definition) is 5. The van der Waals surface area contributed by atoms with E-state index in [1.165, 1.54) is 11.3 Å². The molecule has 3 rings (SSSR count). The van der Waals surface area contributed by atoms with Crippen LogP contribution in [0.1, 0.15) is 48.0 Å². The number of nitrogens with zero attached hydrogens (tertiary/aromatic N) is 3. The van der Waals surface area contributed by atoms with E-state index in [1.54, 1.807) is 17.0 Å². The van der Waals surface area contributed by atoms with Gasteiger partial charge in [0.1, 0.15) is 5.01 Å². The van der Waals surface area contributed by atoms with Crippen LogP contribution in [0.25, 0.3) is 0 Å². The lowest BCUT2D eigenvalue weighted by molar-refractivity contribution is -0.117. The van der Waals surface area contributed by atoms with Crippen LogP contribution in [-0.2, 0) is 11.2 Å². The molecule has 2 aromatic rings. The molecule has 1 saturated heterocycles. The van der Waals surface area contributed by atoms with E-state index in [9.17, 15) is 9.59 Å². The molecule has 0 spiro atoms. The van der Waals surface area contributed by atoms with E-state index >= 15 is 0 Å². The second kappa shape index (κ2) is 7.53. The van der Waals surface area contributed by atoms with E-state index in [-0.39, 0.29) is 11.8 Å². The molecule has 0 bridgehead atoms. The predicted molar refractivity (Wildman–Crippen MR) is 94.5 cm³/mol. The average Bonchev–Trinajstić information content (AvgIpc) is 3.22. The Labute approximate surface area is 144 Å². The summed E-state index contributed by atoms with van der Waals surface area (Å²) in [4.78, 5) is 25.8. The lowest BCUT2D eigenvalue weighted by Crippen LogP contribution is -2.23. The summed E-state index contributed by atoms with van der Waals surface area (Å²) in [5.74, 6) is -0.0758. The van der Waals surface area contributed by atoms with Crippen molar-refractivity contribution in [1.29, 1.82) is 0 Å². The van der Waals surface area contributed by atoms with E-state index in [1.807, 2.05) is 12.1 Å². The van der Waals surface area contributed by atoms with Gasteiger partial charge in [-0.3, -0.25) is 14.9 Å². The number of rotatable bonds is 6. The number of nitrogens with one attached hydrogen (secondary N) is 1. The SMILES string of the molecule is CCCCc1nnc(NC(=O)c2ccc(N3CCCC3=O)cc2)s1. The number of aromatic nitrogens is 2. The second-order valence-electron chi connectivity index (χ2n) is 5.75. The fraction of sp³-hybridized carbons (Fsp3) is 0.412. The zero-order chi connectivity index (χ0) is 16.9. The number of aryl methyl sites for hydroxylation is 1. The van der Waals surface area contributed by atoms with Gasteiger partial charge >= 0.3 is 0 Å². The molecule has 1 aliphatic heterocycles. The summed E-state index contributed by atoms with van der Waals surface area (Å²) in [6, 6.07) is 7.08. The van der Waals surface area contributed by atoms with E-state index in [2.05, 4.69) is 22.4 Å². The number of hydrogen-bond donors (Lipinski definition) is 1. The minimum atomic E-state index is -0.215. The molecule has 1 fully saturated rings. The summed E-state index contributed by atoms with van der Waals surface area (Å²) in [7, 11) is 0. The van der Waals surface area contributed by atoms with Gasteiger partial charge in [0.05, 0.1) is 0 Å². The number of unbranched alkanes of at least 4 members (excludes halogenated alkanes) is 1. The molecule has 6 nitrogen and oxygen atoms in total. The second-order valence-corrected chi connectivity index (χ2v) is 6.82. The first kappa shape index (κ1) is 16.6. The van der Waals surface area contributed by atoms with Gasteiger partial charge in [0.2, 0.25) is 11.0 Å². The minimum Gasteiger partial charge on any atom is -0.312 e. The molecule has 126 valence electrons. The van der Waals surface area contributed by atoms with E-state index in [4.69, 9.17) is 0 Å². The summed E-state index contributed by atoms with van der Waals surface area (Å²) in [6.45, 7) is 2.87. The highest BCUT2D eigenvalue weighted by Crippen LogP contribution is 2.22. The zero-order valence-electron chi connectivity index (χ0n) is 13.6. The summed E-state index contributed by atoms with van der Waals surface area (Å²) < 4.78 is 0. The number of benzene rings is 1. The van der Waals surface area contributed by atoms with E-state index in [0.29, 0.717) is 17.1 Å². The summed E-state index contributed by atoms with van der Waals surface area (Å²) >= 11 is 1.41. The Hall–Kier alpha value is -2.28. The average molecular weight is 344 g/mol.